The molecule has 0 unspecified atom stereocenters. The van der Waals surface area contributed by atoms with Crippen molar-refractivity contribution in [1.29, 1.82) is 0 Å². The van der Waals surface area contributed by atoms with E-state index in [2.05, 4.69) is 35.9 Å². The van der Waals surface area contributed by atoms with Crippen LogP contribution in [0, 0.1) is 6.92 Å². The van der Waals surface area contributed by atoms with Crippen molar-refractivity contribution < 1.29 is 31.6 Å². The molecule has 0 atom stereocenters. The van der Waals surface area contributed by atoms with Crippen LogP contribution in [0.2, 0.25) is 0 Å². The Labute approximate surface area is 209 Å². The Morgan fingerprint density at radius 3 is 2.53 bits per heavy atom. The summed E-state index contributed by atoms with van der Waals surface area (Å²) in [4.78, 5) is 15.1. The third-order valence-electron chi connectivity index (χ3n) is 3.34. The number of hydrogen-bond donors (Lipinski definition) is 2. The number of rotatable bonds is 11. The molecule has 0 aliphatic rings. The molecule has 0 saturated heterocycles. The molecule has 32 heavy (non-hydrogen) atoms. The van der Waals surface area contributed by atoms with E-state index in [1.165, 1.54) is 13.8 Å². The van der Waals surface area contributed by atoms with E-state index in [0.717, 1.165) is 6.33 Å². The summed E-state index contributed by atoms with van der Waals surface area (Å²) in [6, 6.07) is -2.99. The van der Waals surface area contributed by atoms with Gasteiger partial charge in [-0.05, 0) is 36.6 Å². The zero-order chi connectivity index (χ0) is 31.8. The molecule has 3 rings (SSSR count). The van der Waals surface area contributed by atoms with E-state index in [9.17, 15) is 8.42 Å². The first-order valence-corrected chi connectivity index (χ1v) is 11.1. The Kier molecular flexibility index (Phi) is 4.76. The molecule has 2 aromatic heterocycles. The van der Waals surface area contributed by atoms with Crippen LogP contribution in [0.5, 0.6) is 11.9 Å². The van der Waals surface area contributed by atoms with Crippen LogP contribution >= 0.6 is 15.9 Å². The van der Waals surface area contributed by atoms with Crippen molar-refractivity contribution in [2.45, 2.75) is 20.3 Å². The van der Waals surface area contributed by atoms with Gasteiger partial charge in [0.2, 0.25) is 5.88 Å². The second-order valence-electron chi connectivity index (χ2n) is 5.72. The van der Waals surface area contributed by atoms with Crippen LogP contribution in [0.4, 0.5) is 5.82 Å². The van der Waals surface area contributed by atoms with Crippen molar-refractivity contribution in [2.24, 2.45) is 0 Å². The Balaban J connectivity index is 2.13. The minimum Gasteiger partial charge on any atom is -0.473 e. The lowest BCUT2D eigenvalue weighted by Crippen LogP contribution is -2.31. The Morgan fingerprint density at radius 2 is 1.84 bits per heavy atom. The van der Waals surface area contributed by atoms with E-state index in [1.807, 2.05) is 4.72 Å². The molecular weight excluding hydrogens is 500 g/mol. The molecule has 2 heterocycles. The maximum absolute atomic E-state index is 12.8. The van der Waals surface area contributed by atoms with Gasteiger partial charge in [-0.25, -0.2) is 19.9 Å². The highest BCUT2D eigenvalue weighted by molar-refractivity contribution is 9.10. The number of benzene rings is 1. The van der Waals surface area contributed by atoms with E-state index in [-0.39, 0.29) is 28.8 Å². The number of anilines is 1. The first-order chi connectivity index (χ1) is 19.3. The van der Waals surface area contributed by atoms with Gasteiger partial charge < -0.3 is 9.47 Å². The molecule has 2 N–H and O–H groups in total. The van der Waals surface area contributed by atoms with E-state index in [1.54, 1.807) is 4.72 Å². The van der Waals surface area contributed by atoms with Gasteiger partial charge in [-0.3, -0.25) is 4.72 Å². The van der Waals surface area contributed by atoms with E-state index in [4.69, 9.17) is 23.2 Å². The second-order valence-corrected chi connectivity index (χ2v) is 7.93. The molecule has 10 nitrogen and oxygen atoms in total. The zero-order valence-electron chi connectivity index (χ0n) is 26.7. The first-order valence-electron chi connectivity index (χ1n) is 13.9. The third kappa shape index (κ3) is 6.84. The highest BCUT2D eigenvalue weighted by Gasteiger charge is 2.19. The Morgan fingerprint density at radius 1 is 1.12 bits per heavy atom. The average Bonchev–Trinajstić information content (AvgIpc) is 2.88. The van der Waals surface area contributed by atoms with Gasteiger partial charge in [-0.15, -0.1) is 0 Å². The van der Waals surface area contributed by atoms with Crippen molar-refractivity contribution in [3.05, 3.63) is 52.9 Å². The van der Waals surface area contributed by atoms with Crippen LogP contribution in [-0.4, -0.2) is 48.0 Å². The van der Waals surface area contributed by atoms with Crippen molar-refractivity contribution in [3.63, 3.8) is 0 Å². The van der Waals surface area contributed by atoms with E-state index < -0.39 is 82.9 Å². The van der Waals surface area contributed by atoms with E-state index in [0.29, 0.717) is 0 Å². The summed E-state index contributed by atoms with van der Waals surface area (Å²) in [5.74, 6) is -1.41. The number of nitrogens with one attached hydrogen (secondary N) is 2. The zero-order valence-corrected chi connectivity index (χ0v) is 19.1. The third-order valence-corrected chi connectivity index (χ3v) is 4.61. The SMILES string of the molecule is [2H]c1nc(OCC([2H])([2H])Oc2ncnc(NS(=O)(=O)NC([2H])([2H])CC)c2-c2c([2H])c([2H])c(Br)c([2H])c2[2H])nc([2H])c1C. The molecule has 0 aliphatic heterocycles. The van der Waals surface area contributed by atoms with Crippen LogP contribution in [0.15, 0.2) is 47.3 Å². The number of halogens is 1. The highest BCUT2D eigenvalue weighted by atomic mass is 79.9. The molecule has 0 fully saturated rings. The fourth-order valence-corrected chi connectivity index (χ4v) is 3.05. The summed E-state index contributed by atoms with van der Waals surface area (Å²) < 4.78 is 120. The fourth-order valence-electron chi connectivity index (χ4n) is 2.06. The summed E-state index contributed by atoms with van der Waals surface area (Å²) in [5.41, 5.74) is -0.990. The molecule has 3 aromatic rings. The number of aromatic nitrogens is 4. The average molecular weight is 533 g/mol. The van der Waals surface area contributed by atoms with Crippen LogP contribution < -0.4 is 18.9 Å². The summed E-state index contributed by atoms with van der Waals surface area (Å²) in [6.07, 6.45) is -0.126. The molecule has 0 aliphatic carbocycles. The predicted octanol–water partition coefficient (Wildman–Crippen LogP) is 3.12. The van der Waals surface area contributed by atoms with Crippen molar-refractivity contribution in [2.75, 3.05) is 24.4 Å². The Bertz CT molecular complexity index is 1580. The van der Waals surface area contributed by atoms with Crippen molar-refractivity contribution >= 4 is 32.0 Å². The smallest absolute Gasteiger partial charge is 0.316 e. The molecule has 170 valence electrons. The lowest BCUT2D eigenvalue weighted by Gasteiger charge is -2.15. The second kappa shape index (κ2) is 11.2. The van der Waals surface area contributed by atoms with Crippen LogP contribution in [-0.2, 0) is 10.2 Å². The van der Waals surface area contributed by atoms with Gasteiger partial charge in [0, 0.05) is 26.1 Å². The van der Waals surface area contributed by atoms with Crippen LogP contribution in [0.1, 0.15) is 32.6 Å². The van der Waals surface area contributed by atoms with Crippen molar-refractivity contribution in [3.8, 4) is 23.0 Å². The molecular formula is C20H23BrN6O4S. The Hall–Kier alpha value is -2.83. The summed E-state index contributed by atoms with van der Waals surface area (Å²) in [7, 11) is -4.72. The lowest BCUT2D eigenvalue weighted by molar-refractivity contribution is 0.202. The molecule has 0 amide bonds. The van der Waals surface area contributed by atoms with Gasteiger partial charge in [0.05, 0.1) is 16.5 Å². The first kappa shape index (κ1) is 13.7. The molecule has 12 heteroatoms. The minimum atomic E-state index is -4.72. The molecule has 1 aromatic carbocycles. The van der Waals surface area contributed by atoms with Gasteiger partial charge in [0.25, 0.3) is 10.2 Å². The van der Waals surface area contributed by atoms with E-state index >= 15 is 0 Å². The van der Waals surface area contributed by atoms with Crippen LogP contribution in [0.25, 0.3) is 11.1 Å². The minimum absolute atomic E-state index is 0.165. The number of ether oxygens (including phenoxy) is 2. The molecule has 0 spiro atoms. The standard InChI is InChI=1S/C20H23BrN6O4S/c1-3-8-26-32(28,29)27-18-17(15-4-6-16(21)7-5-15)19(25-13-24-18)30-9-10-31-20-22-11-14(2)12-23-20/h4-7,11-13,26H,3,8-10H2,1-2H3,(H,24,25,27)/i4D,5D,6D,7D,8D2,9D2,11D,12D. The molecule has 0 radical (unpaired) electrons. The highest BCUT2D eigenvalue weighted by Crippen LogP contribution is 2.34. The lowest BCUT2D eigenvalue weighted by atomic mass is 10.1. The summed E-state index contributed by atoms with van der Waals surface area (Å²) >= 11 is 2.96. The number of nitrogens with zero attached hydrogens (tertiary/aromatic N) is 4. The van der Waals surface area contributed by atoms with Crippen molar-refractivity contribution in [1.82, 2.24) is 24.7 Å². The topological polar surface area (TPSA) is 128 Å². The maximum Gasteiger partial charge on any atom is 0.316 e. The van der Waals surface area contributed by atoms with Gasteiger partial charge in [-0.1, -0.05) is 34.9 Å². The summed E-state index contributed by atoms with van der Waals surface area (Å²) in [5, 5.41) is 0. The monoisotopic (exact) mass is 532 g/mol. The van der Waals surface area contributed by atoms with Gasteiger partial charge in [0.15, 0.2) is 5.82 Å². The summed E-state index contributed by atoms with van der Waals surface area (Å²) in [6.45, 7) is -3.29. The number of hydrogen-bond acceptors (Lipinski definition) is 8. The quantitative estimate of drug-likeness (QED) is 0.385. The normalized spacial score (nSPS) is 16.6. The molecule has 0 saturated carbocycles. The van der Waals surface area contributed by atoms with Crippen LogP contribution in [0.3, 0.4) is 0 Å². The maximum atomic E-state index is 12.8. The predicted molar refractivity (Wildman–Crippen MR) is 124 cm³/mol. The molecule has 0 bridgehead atoms. The van der Waals surface area contributed by atoms with Gasteiger partial charge in [-0.2, -0.15) is 13.1 Å². The van der Waals surface area contributed by atoms with Gasteiger partial charge >= 0.3 is 6.01 Å². The van der Waals surface area contributed by atoms with Gasteiger partial charge in [0.1, 0.15) is 19.5 Å². The fraction of sp³-hybridized carbons (Fsp3) is 0.300. The largest absolute Gasteiger partial charge is 0.473 e.